The van der Waals surface area contributed by atoms with Gasteiger partial charge in [-0.25, -0.2) is 0 Å². The van der Waals surface area contributed by atoms with Gasteiger partial charge >= 0.3 is 0 Å². The largest absolute Gasteiger partial charge is 0.380 e. The molecule has 0 bridgehead atoms. The third kappa shape index (κ3) is 4.40. The van der Waals surface area contributed by atoms with Crippen LogP contribution in [-0.2, 0) is 11.3 Å². The van der Waals surface area contributed by atoms with E-state index >= 15 is 0 Å². The molecular formula is C12H18N2O. The van der Waals surface area contributed by atoms with E-state index in [0.717, 1.165) is 32.2 Å². The fraction of sp³-hybridized carbons (Fsp3) is 0.583. The highest BCUT2D eigenvalue weighted by molar-refractivity contribution is 5.08. The van der Waals surface area contributed by atoms with Crippen molar-refractivity contribution in [2.24, 2.45) is 5.92 Å². The van der Waals surface area contributed by atoms with E-state index in [1.165, 1.54) is 18.4 Å². The Kier molecular flexibility index (Phi) is 4.11. The standard InChI is InChI=1S/C12H18N2O/c1-2-12(1)10-15-8-7-14-9-11-3-5-13-6-4-11/h3-6,12,14H,1-2,7-10H2. The van der Waals surface area contributed by atoms with Crippen molar-refractivity contribution in [1.82, 2.24) is 10.3 Å². The van der Waals surface area contributed by atoms with Gasteiger partial charge in [0.15, 0.2) is 0 Å². The number of ether oxygens (including phenoxy) is 1. The van der Waals surface area contributed by atoms with Crippen LogP contribution >= 0.6 is 0 Å². The summed E-state index contributed by atoms with van der Waals surface area (Å²) in [6.07, 6.45) is 6.37. The first-order chi connectivity index (χ1) is 7.45. The normalized spacial score (nSPS) is 15.5. The third-order valence-electron chi connectivity index (χ3n) is 2.55. The molecule has 0 unspecified atom stereocenters. The lowest BCUT2D eigenvalue weighted by Gasteiger charge is -2.05. The summed E-state index contributed by atoms with van der Waals surface area (Å²) in [5, 5.41) is 3.34. The Hall–Kier alpha value is -0.930. The molecule has 1 aromatic rings. The fourth-order valence-electron chi connectivity index (χ4n) is 1.41. The van der Waals surface area contributed by atoms with E-state index in [2.05, 4.69) is 10.3 Å². The van der Waals surface area contributed by atoms with Crippen LogP contribution in [0.5, 0.6) is 0 Å². The molecule has 1 aliphatic rings. The minimum atomic E-state index is 0.821. The lowest BCUT2D eigenvalue weighted by Crippen LogP contribution is -2.19. The maximum absolute atomic E-state index is 5.52. The zero-order valence-electron chi connectivity index (χ0n) is 8.98. The molecule has 1 N–H and O–H groups in total. The van der Waals surface area contributed by atoms with Gasteiger partial charge in [-0.3, -0.25) is 4.98 Å². The Balaban J connectivity index is 1.47. The minimum Gasteiger partial charge on any atom is -0.380 e. The molecule has 3 heteroatoms. The first kappa shape index (κ1) is 10.6. The van der Waals surface area contributed by atoms with E-state index in [-0.39, 0.29) is 0 Å². The van der Waals surface area contributed by atoms with Crippen LogP contribution in [0.3, 0.4) is 0 Å². The van der Waals surface area contributed by atoms with Crippen molar-refractivity contribution in [1.29, 1.82) is 0 Å². The zero-order valence-corrected chi connectivity index (χ0v) is 8.98. The van der Waals surface area contributed by atoms with Crippen molar-refractivity contribution in [3.63, 3.8) is 0 Å². The topological polar surface area (TPSA) is 34.1 Å². The van der Waals surface area contributed by atoms with Crippen LogP contribution in [0.25, 0.3) is 0 Å². The van der Waals surface area contributed by atoms with Crippen molar-refractivity contribution in [3.8, 4) is 0 Å². The summed E-state index contributed by atoms with van der Waals surface area (Å²) >= 11 is 0. The predicted octanol–water partition coefficient (Wildman–Crippen LogP) is 1.60. The van der Waals surface area contributed by atoms with E-state index in [0.29, 0.717) is 0 Å². The average molecular weight is 206 g/mol. The van der Waals surface area contributed by atoms with Gasteiger partial charge in [-0.15, -0.1) is 0 Å². The van der Waals surface area contributed by atoms with Gasteiger partial charge < -0.3 is 10.1 Å². The predicted molar refractivity (Wildman–Crippen MR) is 59.5 cm³/mol. The smallest absolute Gasteiger partial charge is 0.0591 e. The van der Waals surface area contributed by atoms with Gasteiger partial charge in [0.25, 0.3) is 0 Å². The molecule has 0 spiro atoms. The molecule has 0 saturated heterocycles. The fourth-order valence-corrected chi connectivity index (χ4v) is 1.41. The lowest BCUT2D eigenvalue weighted by molar-refractivity contribution is 0.126. The summed E-state index contributed by atoms with van der Waals surface area (Å²) in [7, 11) is 0. The summed E-state index contributed by atoms with van der Waals surface area (Å²) in [6.45, 7) is 3.60. The van der Waals surface area contributed by atoms with Crippen LogP contribution in [0.15, 0.2) is 24.5 Å². The SMILES string of the molecule is c1cc(CNCCOCC2CC2)ccn1. The molecule has 1 aliphatic carbocycles. The first-order valence-corrected chi connectivity index (χ1v) is 5.62. The van der Waals surface area contributed by atoms with E-state index < -0.39 is 0 Å². The highest BCUT2D eigenvalue weighted by Crippen LogP contribution is 2.28. The molecule has 0 aromatic carbocycles. The molecule has 0 amide bonds. The summed E-state index contributed by atoms with van der Waals surface area (Å²) in [5.74, 6) is 0.866. The molecule has 0 radical (unpaired) electrons. The molecule has 82 valence electrons. The van der Waals surface area contributed by atoms with Crippen LogP contribution in [0.2, 0.25) is 0 Å². The van der Waals surface area contributed by atoms with E-state index in [1.807, 2.05) is 24.5 Å². The Morgan fingerprint density at radius 2 is 2.13 bits per heavy atom. The monoisotopic (exact) mass is 206 g/mol. The summed E-state index contributed by atoms with van der Waals surface area (Å²) in [6, 6.07) is 4.05. The zero-order chi connectivity index (χ0) is 10.3. The molecule has 15 heavy (non-hydrogen) atoms. The highest BCUT2D eigenvalue weighted by atomic mass is 16.5. The van der Waals surface area contributed by atoms with Gasteiger partial charge in [0.1, 0.15) is 0 Å². The number of hydrogen-bond acceptors (Lipinski definition) is 3. The molecule has 2 rings (SSSR count). The molecule has 1 fully saturated rings. The van der Waals surface area contributed by atoms with Crippen LogP contribution < -0.4 is 5.32 Å². The maximum atomic E-state index is 5.52. The van der Waals surface area contributed by atoms with Crippen molar-refractivity contribution < 1.29 is 4.74 Å². The van der Waals surface area contributed by atoms with Gasteiger partial charge in [0.2, 0.25) is 0 Å². The van der Waals surface area contributed by atoms with Crippen LogP contribution in [0.4, 0.5) is 0 Å². The van der Waals surface area contributed by atoms with Crippen molar-refractivity contribution in [3.05, 3.63) is 30.1 Å². The Morgan fingerprint density at radius 3 is 2.87 bits per heavy atom. The average Bonchev–Trinajstić information content (AvgIpc) is 3.09. The second kappa shape index (κ2) is 5.83. The van der Waals surface area contributed by atoms with Crippen LogP contribution in [-0.4, -0.2) is 24.7 Å². The van der Waals surface area contributed by atoms with Crippen LogP contribution in [0, 0.1) is 5.92 Å². The molecule has 0 aliphatic heterocycles. The van der Waals surface area contributed by atoms with Crippen molar-refractivity contribution >= 4 is 0 Å². The number of aromatic nitrogens is 1. The van der Waals surface area contributed by atoms with Gasteiger partial charge in [-0.1, -0.05) is 0 Å². The second-order valence-corrected chi connectivity index (χ2v) is 4.05. The second-order valence-electron chi connectivity index (χ2n) is 4.05. The molecule has 3 nitrogen and oxygen atoms in total. The van der Waals surface area contributed by atoms with Crippen molar-refractivity contribution in [2.45, 2.75) is 19.4 Å². The van der Waals surface area contributed by atoms with Gasteiger partial charge in [0, 0.05) is 32.1 Å². The number of hydrogen-bond donors (Lipinski definition) is 1. The minimum absolute atomic E-state index is 0.821. The molecule has 1 heterocycles. The number of rotatable bonds is 7. The van der Waals surface area contributed by atoms with Gasteiger partial charge in [-0.05, 0) is 36.5 Å². The van der Waals surface area contributed by atoms with Gasteiger partial charge in [0.05, 0.1) is 6.61 Å². The molecular weight excluding hydrogens is 188 g/mol. The number of nitrogens with zero attached hydrogens (tertiary/aromatic N) is 1. The molecule has 1 aromatic heterocycles. The van der Waals surface area contributed by atoms with Gasteiger partial charge in [-0.2, -0.15) is 0 Å². The maximum Gasteiger partial charge on any atom is 0.0591 e. The van der Waals surface area contributed by atoms with E-state index in [9.17, 15) is 0 Å². The molecule has 0 atom stereocenters. The Morgan fingerprint density at radius 1 is 1.33 bits per heavy atom. The molecule has 1 saturated carbocycles. The quantitative estimate of drug-likeness (QED) is 0.688. The van der Waals surface area contributed by atoms with Crippen molar-refractivity contribution in [2.75, 3.05) is 19.8 Å². The van der Waals surface area contributed by atoms with E-state index in [1.54, 1.807) is 0 Å². The van der Waals surface area contributed by atoms with Crippen LogP contribution in [0.1, 0.15) is 18.4 Å². The lowest BCUT2D eigenvalue weighted by atomic mass is 10.3. The number of pyridine rings is 1. The Labute approximate surface area is 90.9 Å². The first-order valence-electron chi connectivity index (χ1n) is 5.62. The Bertz CT molecular complexity index is 272. The van der Waals surface area contributed by atoms with E-state index in [4.69, 9.17) is 4.74 Å². The highest BCUT2D eigenvalue weighted by Gasteiger charge is 2.20. The summed E-state index contributed by atoms with van der Waals surface area (Å²) in [4.78, 5) is 3.98. The number of nitrogens with one attached hydrogen (secondary N) is 1. The summed E-state index contributed by atoms with van der Waals surface area (Å²) < 4.78 is 5.52. The third-order valence-corrected chi connectivity index (χ3v) is 2.55. The summed E-state index contributed by atoms with van der Waals surface area (Å²) in [5.41, 5.74) is 1.27.